The van der Waals surface area contributed by atoms with Crippen molar-refractivity contribution in [2.75, 3.05) is 13.1 Å². The van der Waals surface area contributed by atoms with Crippen molar-refractivity contribution in [3.63, 3.8) is 0 Å². The van der Waals surface area contributed by atoms with E-state index in [0.717, 1.165) is 42.5 Å². The molecule has 0 saturated carbocycles. The first-order chi connectivity index (χ1) is 14.5. The number of carbonyl (C=O) groups is 2. The summed E-state index contributed by atoms with van der Waals surface area (Å²) < 4.78 is 1.95. The van der Waals surface area contributed by atoms with E-state index >= 15 is 0 Å². The highest BCUT2D eigenvalue weighted by atomic mass is 16.2. The number of benzene rings is 2. The van der Waals surface area contributed by atoms with Crippen molar-refractivity contribution in [2.45, 2.75) is 45.7 Å². The Morgan fingerprint density at radius 1 is 1.03 bits per heavy atom. The number of aromatic nitrogens is 2. The summed E-state index contributed by atoms with van der Waals surface area (Å²) >= 11 is 0. The van der Waals surface area contributed by atoms with E-state index in [-0.39, 0.29) is 24.4 Å². The molecular formula is C24H28N4O2. The molecule has 1 aliphatic rings. The second kappa shape index (κ2) is 8.69. The maximum absolute atomic E-state index is 12.9. The van der Waals surface area contributed by atoms with Gasteiger partial charge in [0.25, 0.3) is 5.91 Å². The number of nitrogens with zero attached hydrogens (tertiary/aromatic N) is 3. The first kappa shape index (κ1) is 20.1. The standard InChI is InChI=1S/C24H28N4O2/c1-17-10-12-19(13-11-17)24(30)25-18(2)23-26-20-8-4-5-9-21(20)28(23)16-22(29)27-14-6-3-7-15-27/h4-5,8-13,18H,3,6-7,14-16H2,1-2H3,(H,25,30). The molecule has 0 spiro atoms. The van der Waals surface area contributed by atoms with Gasteiger partial charge < -0.3 is 14.8 Å². The summed E-state index contributed by atoms with van der Waals surface area (Å²) in [6.07, 6.45) is 3.31. The van der Waals surface area contributed by atoms with Crippen LogP contribution in [0, 0.1) is 6.92 Å². The van der Waals surface area contributed by atoms with Crippen LogP contribution in [0.3, 0.4) is 0 Å². The molecule has 6 heteroatoms. The molecule has 1 N–H and O–H groups in total. The van der Waals surface area contributed by atoms with Crippen LogP contribution in [0.1, 0.15) is 54.0 Å². The van der Waals surface area contributed by atoms with E-state index in [4.69, 9.17) is 4.98 Å². The number of aryl methyl sites for hydroxylation is 1. The van der Waals surface area contributed by atoms with Crippen molar-refractivity contribution in [3.05, 3.63) is 65.5 Å². The largest absolute Gasteiger partial charge is 0.342 e. The van der Waals surface area contributed by atoms with Gasteiger partial charge in [0.1, 0.15) is 12.4 Å². The fourth-order valence-corrected chi connectivity index (χ4v) is 4.02. The van der Waals surface area contributed by atoms with Crippen LogP contribution < -0.4 is 5.32 Å². The van der Waals surface area contributed by atoms with E-state index < -0.39 is 0 Å². The van der Waals surface area contributed by atoms with E-state index in [1.165, 1.54) is 6.42 Å². The Balaban J connectivity index is 1.59. The van der Waals surface area contributed by atoms with E-state index in [1.807, 2.05) is 71.8 Å². The van der Waals surface area contributed by atoms with Gasteiger partial charge in [-0.15, -0.1) is 0 Å². The van der Waals surface area contributed by atoms with Crippen LogP contribution in [0.4, 0.5) is 0 Å². The fraction of sp³-hybridized carbons (Fsp3) is 0.375. The predicted octanol–water partition coefficient (Wildman–Crippen LogP) is 3.85. The highest BCUT2D eigenvalue weighted by Crippen LogP contribution is 2.22. The molecule has 1 aromatic heterocycles. The molecule has 1 unspecified atom stereocenters. The molecule has 1 aliphatic heterocycles. The Labute approximate surface area is 176 Å². The maximum Gasteiger partial charge on any atom is 0.251 e. The molecule has 156 valence electrons. The minimum absolute atomic E-state index is 0.108. The van der Waals surface area contributed by atoms with Crippen LogP contribution >= 0.6 is 0 Å². The number of likely N-dealkylation sites (tertiary alicyclic amines) is 1. The lowest BCUT2D eigenvalue weighted by molar-refractivity contribution is -0.132. The fourth-order valence-electron chi connectivity index (χ4n) is 4.02. The van der Waals surface area contributed by atoms with Crippen LogP contribution in [-0.2, 0) is 11.3 Å². The van der Waals surface area contributed by atoms with E-state index in [2.05, 4.69) is 5.32 Å². The molecule has 6 nitrogen and oxygen atoms in total. The van der Waals surface area contributed by atoms with Gasteiger partial charge in [-0.05, 0) is 57.4 Å². The Bertz CT molecular complexity index is 1050. The lowest BCUT2D eigenvalue weighted by Crippen LogP contribution is -2.38. The van der Waals surface area contributed by atoms with Crippen molar-refractivity contribution in [2.24, 2.45) is 0 Å². The van der Waals surface area contributed by atoms with Gasteiger partial charge in [0.2, 0.25) is 5.91 Å². The third kappa shape index (κ3) is 4.22. The zero-order chi connectivity index (χ0) is 21.1. The van der Waals surface area contributed by atoms with Gasteiger partial charge in [-0.3, -0.25) is 9.59 Å². The molecule has 1 atom stereocenters. The van der Waals surface area contributed by atoms with E-state index in [0.29, 0.717) is 11.4 Å². The number of amides is 2. The normalized spacial score (nSPS) is 15.2. The van der Waals surface area contributed by atoms with E-state index in [9.17, 15) is 9.59 Å². The van der Waals surface area contributed by atoms with Crippen molar-refractivity contribution < 1.29 is 9.59 Å². The van der Waals surface area contributed by atoms with Crippen molar-refractivity contribution >= 4 is 22.8 Å². The predicted molar refractivity (Wildman–Crippen MR) is 117 cm³/mol. The Morgan fingerprint density at radius 2 is 1.73 bits per heavy atom. The lowest BCUT2D eigenvalue weighted by atomic mass is 10.1. The Morgan fingerprint density at radius 3 is 2.47 bits per heavy atom. The van der Waals surface area contributed by atoms with Crippen LogP contribution in [0.15, 0.2) is 48.5 Å². The number of rotatable bonds is 5. The molecule has 2 aromatic carbocycles. The maximum atomic E-state index is 12.9. The molecule has 3 aromatic rings. The minimum Gasteiger partial charge on any atom is -0.342 e. The lowest BCUT2D eigenvalue weighted by Gasteiger charge is -2.27. The molecular weight excluding hydrogens is 376 g/mol. The summed E-state index contributed by atoms with van der Waals surface area (Å²) in [6, 6.07) is 15.0. The number of carbonyl (C=O) groups excluding carboxylic acids is 2. The summed E-state index contributed by atoms with van der Waals surface area (Å²) in [6.45, 7) is 5.78. The topological polar surface area (TPSA) is 67.2 Å². The molecule has 2 amide bonds. The zero-order valence-electron chi connectivity index (χ0n) is 17.6. The highest BCUT2D eigenvalue weighted by Gasteiger charge is 2.23. The average Bonchev–Trinajstić information content (AvgIpc) is 3.13. The first-order valence-corrected chi connectivity index (χ1v) is 10.6. The summed E-state index contributed by atoms with van der Waals surface area (Å²) in [5.74, 6) is 0.654. The smallest absolute Gasteiger partial charge is 0.251 e. The molecule has 4 rings (SSSR count). The Kier molecular flexibility index (Phi) is 5.84. The van der Waals surface area contributed by atoms with Gasteiger partial charge in [0, 0.05) is 18.7 Å². The molecule has 2 heterocycles. The van der Waals surface area contributed by atoms with Crippen LogP contribution in [0.2, 0.25) is 0 Å². The summed E-state index contributed by atoms with van der Waals surface area (Å²) in [5.41, 5.74) is 3.46. The molecule has 0 bridgehead atoms. The van der Waals surface area contributed by atoms with Crippen LogP contribution in [-0.4, -0.2) is 39.4 Å². The molecule has 30 heavy (non-hydrogen) atoms. The Hall–Kier alpha value is -3.15. The monoisotopic (exact) mass is 404 g/mol. The summed E-state index contributed by atoms with van der Waals surface area (Å²) in [4.78, 5) is 32.4. The molecule has 0 aliphatic carbocycles. The molecule has 1 fully saturated rings. The van der Waals surface area contributed by atoms with Gasteiger partial charge in [-0.2, -0.15) is 0 Å². The van der Waals surface area contributed by atoms with Gasteiger partial charge in [0.15, 0.2) is 0 Å². The van der Waals surface area contributed by atoms with Gasteiger partial charge in [0.05, 0.1) is 17.1 Å². The number of piperidine rings is 1. The van der Waals surface area contributed by atoms with Gasteiger partial charge in [-0.25, -0.2) is 4.98 Å². The van der Waals surface area contributed by atoms with Crippen molar-refractivity contribution in [3.8, 4) is 0 Å². The molecule has 1 saturated heterocycles. The summed E-state index contributed by atoms with van der Waals surface area (Å²) in [7, 11) is 0. The van der Waals surface area contributed by atoms with E-state index in [1.54, 1.807) is 0 Å². The molecule has 0 radical (unpaired) electrons. The SMILES string of the molecule is Cc1ccc(C(=O)NC(C)c2nc3ccccc3n2CC(=O)N2CCCCC2)cc1. The van der Waals surface area contributed by atoms with Gasteiger partial charge in [-0.1, -0.05) is 29.8 Å². The second-order valence-corrected chi connectivity index (χ2v) is 8.05. The third-order valence-corrected chi connectivity index (χ3v) is 5.73. The second-order valence-electron chi connectivity index (χ2n) is 8.05. The number of imidazole rings is 1. The number of hydrogen-bond acceptors (Lipinski definition) is 3. The minimum atomic E-state index is -0.333. The highest BCUT2D eigenvalue weighted by molar-refractivity contribution is 5.94. The van der Waals surface area contributed by atoms with Crippen LogP contribution in [0.5, 0.6) is 0 Å². The van der Waals surface area contributed by atoms with Crippen molar-refractivity contribution in [1.82, 2.24) is 19.8 Å². The first-order valence-electron chi connectivity index (χ1n) is 10.6. The average molecular weight is 405 g/mol. The van der Waals surface area contributed by atoms with Gasteiger partial charge >= 0.3 is 0 Å². The number of para-hydroxylation sites is 2. The quantitative estimate of drug-likeness (QED) is 0.702. The summed E-state index contributed by atoms with van der Waals surface area (Å²) in [5, 5.41) is 3.04. The zero-order valence-corrected chi connectivity index (χ0v) is 17.6. The number of nitrogens with one attached hydrogen (secondary N) is 1. The third-order valence-electron chi connectivity index (χ3n) is 5.73. The van der Waals surface area contributed by atoms with Crippen molar-refractivity contribution in [1.29, 1.82) is 0 Å². The number of hydrogen-bond donors (Lipinski definition) is 1. The van der Waals surface area contributed by atoms with Crippen LogP contribution in [0.25, 0.3) is 11.0 Å². The number of fused-ring (bicyclic) bond motifs is 1.